The molecule has 1 aliphatic heterocycles. The summed E-state index contributed by atoms with van der Waals surface area (Å²) in [6, 6.07) is 8.83. The van der Waals surface area contributed by atoms with Gasteiger partial charge in [-0.25, -0.2) is 4.98 Å². The van der Waals surface area contributed by atoms with Gasteiger partial charge in [-0.15, -0.1) is 0 Å². The van der Waals surface area contributed by atoms with Gasteiger partial charge < -0.3 is 9.88 Å². The van der Waals surface area contributed by atoms with Crippen LogP contribution < -0.4 is 10.5 Å². The molecule has 10 heteroatoms. The highest BCUT2D eigenvalue weighted by atomic mass is 32.1. The second kappa shape index (κ2) is 10.0. The van der Waals surface area contributed by atoms with E-state index in [1.54, 1.807) is 0 Å². The molecule has 0 radical (unpaired) electrons. The normalized spacial score (nSPS) is 18.4. The number of nitrogens with one attached hydrogen (secondary N) is 2. The van der Waals surface area contributed by atoms with Gasteiger partial charge in [-0.1, -0.05) is 18.2 Å². The first-order chi connectivity index (χ1) is 17.3. The zero-order valence-electron chi connectivity index (χ0n) is 19.6. The third-order valence-corrected chi connectivity index (χ3v) is 7.10. The fraction of sp³-hybridized carbons (Fsp3) is 0.385. The zero-order chi connectivity index (χ0) is 25.3. The van der Waals surface area contributed by atoms with Crippen LogP contribution >= 0.6 is 12.2 Å². The molecule has 2 aliphatic rings. The average molecular weight is 514 g/mol. The lowest BCUT2D eigenvalue weighted by molar-refractivity contribution is -0.141. The van der Waals surface area contributed by atoms with Gasteiger partial charge in [-0.05, 0) is 68.1 Å². The summed E-state index contributed by atoms with van der Waals surface area (Å²) in [5, 5.41) is 0. The Morgan fingerprint density at radius 1 is 1.11 bits per heavy atom. The summed E-state index contributed by atoms with van der Waals surface area (Å²) in [5.41, 5.74) is 1.69. The van der Waals surface area contributed by atoms with Crippen LogP contribution in [0.4, 0.5) is 19.0 Å². The Labute approximate surface area is 211 Å². The van der Waals surface area contributed by atoms with Gasteiger partial charge in [-0.3, -0.25) is 14.8 Å². The fourth-order valence-corrected chi connectivity index (χ4v) is 5.36. The summed E-state index contributed by atoms with van der Waals surface area (Å²) in [5.74, 6) is 0.842. The lowest BCUT2D eigenvalue weighted by Gasteiger charge is -2.25. The van der Waals surface area contributed by atoms with Crippen molar-refractivity contribution in [3.8, 4) is 0 Å². The molecule has 188 valence electrons. The molecule has 1 atom stereocenters. The largest absolute Gasteiger partial charge is 0.433 e. The number of aromatic amines is 2. The Morgan fingerprint density at radius 3 is 2.64 bits per heavy atom. The van der Waals surface area contributed by atoms with Crippen molar-refractivity contribution in [2.45, 2.75) is 50.6 Å². The maximum atomic E-state index is 13.5. The van der Waals surface area contributed by atoms with E-state index in [2.05, 4.69) is 19.9 Å². The number of hydrogen-bond donors (Lipinski definition) is 2. The minimum Gasteiger partial charge on any atom is -0.357 e. The summed E-state index contributed by atoms with van der Waals surface area (Å²) in [6.07, 6.45) is 2.61. The van der Waals surface area contributed by atoms with Crippen LogP contribution in [0.25, 0.3) is 5.57 Å². The Hall–Kier alpha value is -3.27. The van der Waals surface area contributed by atoms with E-state index < -0.39 is 11.9 Å². The molecule has 3 aromatic rings. The van der Waals surface area contributed by atoms with Crippen LogP contribution in [-0.2, 0) is 12.6 Å². The number of pyridine rings is 2. The third-order valence-electron chi connectivity index (χ3n) is 6.90. The summed E-state index contributed by atoms with van der Waals surface area (Å²) < 4.78 is 40.6. The number of rotatable bonds is 5. The van der Waals surface area contributed by atoms with Crippen molar-refractivity contribution in [3.05, 3.63) is 85.9 Å². The van der Waals surface area contributed by atoms with E-state index in [4.69, 9.17) is 17.2 Å². The lowest BCUT2D eigenvalue weighted by Crippen LogP contribution is -2.22. The number of hydrogen-bond acceptors (Lipinski definition) is 5. The van der Waals surface area contributed by atoms with Gasteiger partial charge in [0.15, 0.2) is 10.5 Å². The molecule has 3 aromatic heterocycles. The second-order valence-corrected chi connectivity index (χ2v) is 9.66. The number of allylic oxidation sites excluding steroid dienone is 2. The quantitative estimate of drug-likeness (QED) is 0.423. The maximum Gasteiger partial charge on any atom is 0.433 e. The van der Waals surface area contributed by atoms with E-state index in [9.17, 15) is 18.0 Å². The zero-order valence-corrected chi connectivity index (χ0v) is 20.4. The Bertz CT molecular complexity index is 1410. The first-order valence-corrected chi connectivity index (χ1v) is 12.5. The third kappa shape index (κ3) is 5.13. The van der Waals surface area contributed by atoms with Crippen molar-refractivity contribution in [1.29, 1.82) is 0 Å². The maximum absolute atomic E-state index is 13.5. The molecule has 6 nitrogen and oxygen atoms in total. The first kappa shape index (κ1) is 24.4. The molecule has 5 rings (SSSR count). The predicted octanol–water partition coefficient (Wildman–Crippen LogP) is 5.78. The number of alkyl halides is 3. The molecule has 1 saturated heterocycles. The van der Waals surface area contributed by atoms with Crippen molar-refractivity contribution in [3.63, 3.8) is 0 Å². The molecule has 0 bridgehead atoms. The Kier molecular flexibility index (Phi) is 6.79. The topological polar surface area (TPSA) is 77.7 Å². The lowest BCUT2D eigenvalue weighted by atomic mass is 9.82. The van der Waals surface area contributed by atoms with Gasteiger partial charge in [0, 0.05) is 54.1 Å². The van der Waals surface area contributed by atoms with Gasteiger partial charge in [-0.2, -0.15) is 13.2 Å². The molecule has 1 aliphatic carbocycles. The Balaban J connectivity index is 1.43. The van der Waals surface area contributed by atoms with Crippen molar-refractivity contribution in [2.75, 3.05) is 18.0 Å². The van der Waals surface area contributed by atoms with Crippen LogP contribution in [0.2, 0.25) is 0 Å². The molecule has 2 N–H and O–H groups in total. The van der Waals surface area contributed by atoms with Crippen LogP contribution in [0.5, 0.6) is 0 Å². The Morgan fingerprint density at radius 2 is 1.92 bits per heavy atom. The highest BCUT2D eigenvalue weighted by Crippen LogP contribution is 2.40. The van der Waals surface area contributed by atoms with E-state index in [-0.39, 0.29) is 21.8 Å². The van der Waals surface area contributed by atoms with E-state index in [1.165, 1.54) is 12.1 Å². The summed E-state index contributed by atoms with van der Waals surface area (Å²) in [7, 11) is 0. The van der Waals surface area contributed by atoms with Crippen LogP contribution in [0.1, 0.15) is 66.2 Å². The van der Waals surface area contributed by atoms with Crippen molar-refractivity contribution < 1.29 is 13.2 Å². The van der Waals surface area contributed by atoms with Crippen LogP contribution in [0.15, 0.2) is 47.4 Å². The van der Waals surface area contributed by atoms with Crippen LogP contribution in [0.3, 0.4) is 0 Å². The molecule has 4 heterocycles. The summed E-state index contributed by atoms with van der Waals surface area (Å²) >= 11 is 5.25. The SMILES string of the molecule is O=c1[nH]c(=S)[nH]c(C2CC=C(c3cccnc3C(F)(F)F)CC2)c1Cc1cccc(N2CCCC2)n1. The highest BCUT2D eigenvalue weighted by molar-refractivity contribution is 7.71. The second-order valence-electron chi connectivity index (χ2n) is 9.26. The number of aromatic nitrogens is 4. The molecular weight excluding hydrogens is 487 g/mol. The predicted molar refractivity (Wildman–Crippen MR) is 135 cm³/mol. The van der Waals surface area contributed by atoms with Crippen LogP contribution in [0, 0.1) is 4.77 Å². The van der Waals surface area contributed by atoms with Gasteiger partial charge in [0.1, 0.15) is 5.82 Å². The molecule has 0 aromatic carbocycles. The molecule has 1 fully saturated rings. The van der Waals surface area contributed by atoms with Gasteiger partial charge in [0.25, 0.3) is 5.56 Å². The minimum atomic E-state index is -4.52. The number of H-pyrrole nitrogens is 2. The van der Waals surface area contributed by atoms with Crippen molar-refractivity contribution in [1.82, 2.24) is 19.9 Å². The number of nitrogens with zero attached hydrogens (tertiary/aromatic N) is 3. The molecule has 36 heavy (non-hydrogen) atoms. The van der Waals surface area contributed by atoms with E-state index >= 15 is 0 Å². The van der Waals surface area contributed by atoms with E-state index in [0.717, 1.165) is 49.3 Å². The van der Waals surface area contributed by atoms with Gasteiger partial charge >= 0.3 is 6.18 Å². The molecule has 0 amide bonds. The monoisotopic (exact) mass is 513 g/mol. The van der Waals surface area contributed by atoms with E-state index in [0.29, 0.717) is 36.8 Å². The average Bonchev–Trinajstić information content (AvgIpc) is 3.41. The number of anilines is 1. The van der Waals surface area contributed by atoms with Crippen molar-refractivity contribution in [2.24, 2.45) is 0 Å². The standard InChI is InChI=1S/C26H26F3N5OS/c27-26(28,29)23-19(6-4-12-30-23)16-8-10-17(11-9-16)22-20(24(35)33-25(36)32-22)15-18-5-3-7-21(31-18)34-13-1-2-14-34/h3-8,12,17H,1-2,9-11,13-15H2,(H2,32,33,35,36). The molecule has 0 spiro atoms. The summed E-state index contributed by atoms with van der Waals surface area (Å²) in [4.78, 5) is 29.4. The van der Waals surface area contributed by atoms with Gasteiger partial charge in [0.2, 0.25) is 0 Å². The molecule has 1 unspecified atom stereocenters. The van der Waals surface area contributed by atoms with Crippen LogP contribution in [-0.4, -0.2) is 33.0 Å². The summed E-state index contributed by atoms with van der Waals surface area (Å²) in [6.45, 7) is 1.95. The van der Waals surface area contributed by atoms with Gasteiger partial charge in [0.05, 0.1) is 0 Å². The molecular formula is C26H26F3N5OS. The fourth-order valence-electron chi connectivity index (χ4n) is 5.15. The minimum absolute atomic E-state index is 0.0690. The van der Waals surface area contributed by atoms with E-state index in [1.807, 2.05) is 24.3 Å². The number of halogens is 3. The highest BCUT2D eigenvalue weighted by Gasteiger charge is 2.36. The first-order valence-electron chi connectivity index (χ1n) is 12.1. The smallest absolute Gasteiger partial charge is 0.357 e. The van der Waals surface area contributed by atoms with Crippen molar-refractivity contribution >= 4 is 23.6 Å². The molecule has 0 saturated carbocycles.